The lowest BCUT2D eigenvalue weighted by Gasteiger charge is -2.17. The van der Waals surface area contributed by atoms with E-state index >= 15 is 0 Å². The highest BCUT2D eigenvalue weighted by Gasteiger charge is 2.26. The highest BCUT2D eigenvalue weighted by molar-refractivity contribution is 7.74. The fourth-order valence-corrected chi connectivity index (χ4v) is 5.12. The number of benzene rings is 3. The summed E-state index contributed by atoms with van der Waals surface area (Å²) in [7, 11) is 2.98. The van der Waals surface area contributed by atoms with E-state index in [1.807, 2.05) is 30.3 Å². The summed E-state index contributed by atoms with van der Waals surface area (Å²) in [6, 6.07) is 18.4. The summed E-state index contributed by atoms with van der Waals surface area (Å²) in [5, 5.41) is 19.7. The second-order valence-electron chi connectivity index (χ2n) is 8.68. The molecular weight excluding hydrogens is 482 g/mol. The fourth-order valence-electron chi connectivity index (χ4n) is 4.71. The van der Waals surface area contributed by atoms with Gasteiger partial charge in [-0.25, -0.2) is 4.98 Å². The van der Waals surface area contributed by atoms with Crippen molar-refractivity contribution in [1.82, 2.24) is 9.97 Å². The molecule has 0 radical (unpaired) electrons. The van der Waals surface area contributed by atoms with Crippen molar-refractivity contribution in [2.45, 2.75) is 18.8 Å². The van der Waals surface area contributed by atoms with Gasteiger partial charge in [-0.15, -0.1) is 0 Å². The van der Waals surface area contributed by atoms with Gasteiger partial charge in [0.25, 0.3) is 0 Å². The normalized spacial score (nSPS) is 16.4. The number of halogens is 1. The Kier molecular flexibility index (Phi) is 6.03. The van der Waals surface area contributed by atoms with E-state index in [1.165, 1.54) is 25.3 Å². The Labute approximate surface area is 213 Å². The summed E-state index contributed by atoms with van der Waals surface area (Å²) in [5.74, 6) is 1.03. The number of fused-ring (bicyclic) bond motifs is 2. The van der Waals surface area contributed by atoms with Crippen LogP contribution in [0.25, 0.3) is 22.2 Å². The van der Waals surface area contributed by atoms with Crippen molar-refractivity contribution in [3.05, 3.63) is 82.0 Å². The predicted molar refractivity (Wildman–Crippen MR) is 138 cm³/mol. The number of ether oxygens (including phenoxy) is 1. The monoisotopic (exact) mass is 504 g/mol. The number of aromatic nitrogens is 2. The molecule has 1 aliphatic carbocycles. The van der Waals surface area contributed by atoms with Crippen LogP contribution in [-0.4, -0.2) is 33.5 Å². The number of methoxy groups -OCH3 is 1. The number of anilines is 1. The summed E-state index contributed by atoms with van der Waals surface area (Å²) >= 11 is 10.4. The highest BCUT2D eigenvalue weighted by atomic mass is 35.5. The second-order valence-corrected chi connectivity index (χ2v) is 9.87. The molecule has 0 amide bonds. The summed E-state index contributed by atoms with van der Waals surface area (Å²) in [4.78, 5) is 8.97. The minimum absolute atomic E-state index is 0.186. The SMILES string of the molecule is COc1c(Cl)cc(C2CCc3cc(-c4ccc5nc(N[N+](C)(O)S)cnc5c4)ccc32)cc1C#N. The first-order chi connectivity index (χ1) is 16.8. The molecule has 2 atom stereocenters. The molecule has 35 heavy (non-hydrogen) atoms. The van der Waals surface area contributed by atoms with Gasteiger partial charge in [-0.1, -0.05) is 35.9 Å². The lowest BCUT2D eigenvalue weighted by atomic mass is 9.90. The topological polar surface area (TPSA) is 91.1 Å². The van der Waals surface area contributed by atoms with Gasteiger partial charge in [0, 0.05) is 5.92 Å². The quantitative estimate of drug-likeness (QED) is 0.178. The Hall–Kier alpha value is -3.35. The van der Waals surface area contributed by atoms with E-state index in [4.69, 9.17) is 16.3 Å². The Balaban J connectivity index is 1.45. The molecule has 0 aliphatic heterocycles. The first kappa shape index (κ1) is 23.4. The van der Waals surface area contributed by atoms with Crippen molar-refractivity contribution >= 4 is 41.3 Å². The van der Waals surface area contributed by atoms with Gasteiger partial charge in [0.2, 0.25) is 0 Å². The lowest BCUT2D eigenvalue weighted by Crippen LogP contribution is -2.35. The number of quaternary nitrogens is 1. The van der Waals surface area contributed by atoms with Crippen molar-refractivity contribution in [2.75, 3.05) is 19.6 Å². The third kappa shape index (κ3) is 4.64. The van der Waals surface area contributed by atoms with E-state index in [-0.39, 0.29) is 5.92 Å². The van der Waals surface area contributed by atoms with Gasteiger partial charge < -0.3 is 4.74 Å². The summed E-state index contributed by atoms with van der Waals surface area (Å²) in [6.07, 6.45) is 3.47. The molecule has 1 heterocycles. The molecule has 0 bridgehead atoms. The average molecular weight is 505 g/mol. The molecule has 2 N–H and O–H groups in total. The first-order valence-electron chi connectivity index (χ1n) is 11.0. The molecule has 2 unspecified atom stereocenters. The zero-order valence-corrected chi connectivity index (χ0v) is 20.8. The molecule has 9 heteroatoms. The third-order valence-corrected chi connectivity index (χ3v) is 6.60. The van der Waals surface area contributed by atoms with Crippen LogP contribution in [0.4, 0.5) is 5.82 Å². The number of rotatable bonds is 5. The van der Waals surface area contributed by atoms with E-state index in [2.05, 4.69) is 52.5 Å². The number of nitrogens with zero attached hydrogens (tertiary/aromatic N) is 4. The number of nitriles is 1. The number of hydroxylamine groups is 1. The number of thiol groups is 1. The first-order valence-corrected chi connectivity index (χ1v) is 11.8. The Morgan fingerprint density at radius 1 is 1.17 bits per heavy atom. The van der Waals surface area contributed by atoms with Gasteiger partial charge in [-0.3, -0.25) is 4.98 Å². The largest absolute Gasteiger partial charge is 0.494 e. The Morgan fingerprint density at radius 2 is 1.94 bits per heavy atom. The average Bonchev–Trinajstić information content (AvgIpc) is 3.25. The maximum Gasteiger partial charge on any atom is 0.197 e. The van der Waals surface area contributed by atoms with E-state index < -0.39 is 4.16 Å². The van der Waals surface area contributed by atoms with Crippen LogP contribution in [-0.2, 0) is 6.42 Å². The molecule has 0 saturated heterocycles. The van der Waals surface area contributed by atoms with Crippen LogP contribution in [0.2, 0.25) is 5.02 Å². The Bertz CT molecular complexity index is 1500. The van der Waals surface area contributed by atoms with E-state index in [0.29, 0.717) is 27.7 Å². The zero-order valence-electron chi connectivity index (χ0n) is 19.2. The summed E-state index contributed by atoms with van der Waals surface area (Å²) < 4.78 is 4.55. The number of aryl methyl sites for hydroxylation is 1. The van der Waals surface area contributed by atoms with Crippen LogP contribution in [0.3, 0.4) is 0 Å². The predicted octanol–water partition coefficient (Wildman–Crippen LogP) is 5.92. The van der Waals surface area contributed by atoms with Gasteiger partial charge in [-0.05, 0) is 69.1 Å². The molecule has 1 aromatic heterocycles. The smallest absolute Gasteiger partial charge is 0.197 e. The molecule has 4 aromatic rings. The molecule has 1 aliphatic rings. The molecule has 3 aromatic carbocycles. The van der Waals surface area contributed by atoms with Crippen molar-refractivity contribution < 1.29 is 14.1 Å². The minimum Gasteiger partial charge on any atom is -0.494 e. The van der Waals surface area contributed by atoms with Crippen molar-refractivity contribution in [3.8, 4) is 22.9 Å². The van der Waals surface area contributed by atoms with Gasteiger partial charge in [-0.2, -0.15) is 15.9 Å². The molecular formula is C26H23ClN5O2S+. The standard InChI is InChI=1S/C26H23ClN5O2S/c1-32(33,35)31-25-14-29-24-12-16(5-8-23(24)30-25)15-3-6-20-17(9-15)4-7-21(20)18-10-19(13-28)26(34-2)22(27)11-18/h3,5-6,8-12,14,21,33,35H,4,7H2,1-2H3,(H,30,31)/q+1. The van der Waals surface area contributed by atoms with Gasteiger partial charge in [0.05, 0.1) is 34.9 Å². The summed E-state index contributed by atoms with van der Waals surface area (Å²) in [6.45, 7) is 0. The van der Waals surface area contributed by atoms with Gasteiger partial charge >= 0.3 is 0 Å². The van der Waals surface area contributed by atoms with Crippen LogP contribution in [0.1, 0.15) is 34.6 Å². The van der Waals surface area contributed by atoms with Crippen LogP contribution in [0.5, 0.6) is 5.75 Å². The molecule has 0 saturated carbocycles. The number of hydrogen-bond acceptors (Lipinski definition) is 7. The van der Waals surface area contributed by atoms with Crippen molar-refractivity contribution in [2.24, 2.45) is 0 Å². The lowest BCUT2D eigenvalue weighted by molar-refractivity contribution is -0.955. The number of hydrogen-bond donors (Lipinski definition) is 3. The molecule has 5 rings (SSSR count). The number of nitrogens with one attached hydrogen (secondary N) is 1. The van der Waals surface area contributed by atoms with E-state index in [9.17, 15) is 10.5 Å². The summed E-state index contributed by atoms with van der Waals surface area (Å²) in [5.41, 5.74) is 10.4. The molecule has 0 spiro atoms. The minimum atomic E-state index is -0.741. The van der Waals surface area contributed by atoms with Crippen molar-refractivity contribution in [1.29, 1.82) is 5.26 Å². The highest BCUT2D eigenvalue weighted by Crippen LogP contribution is 2.42. The maximum absolute atomic E-state index is 9.76. The van der Waals surface area contributed by atoms with E-state index in [0.717, 1.165) is 35.0 Å². The molecule has 0 fully saturated rings. The van der Waals surface area contributed by atoms with Crippen LogP contribution >= 0.6 is 24.4 Å². The van der Waals surface area contributed by atoms with E-state index in [1.54, 1.807) is 6.20 Å². The van der Waals surface area contributed by atoms with Gasteiger partial charge in [0.15, 0.2) is 11.6 Å². The van der Waals surface area contributed by atoms with Gasteiger partial charge in [0.1, 0.15) is 25.9 Å². The third-order valence-electron chi connectivity index (χ3n) is 6.22. The second kappa shape index (κ2) is 9.02. The molecule has 176 valence electrons. The van der Waals surface area contributed by atoms with Crippen molar-refractivity contribution in [3.63, 3.8) is 0 Å². The Morgan fingerprint density at radius 3 is 2.69 bits per heavy atom. The molecule has 7 nitrogen and oxygen atoms in total. The van der Waals surface area contributed by atoms with Crippen LogP contribution in [0.15, 0.2) is 54.7 Å². The van der Waals surface area contributed by atoms with Crippen LogP contribution in [0, 0.1) is 11.3 Å². The zero-order chi connectivity index (χ0) is 24.7. The fraction of sp³-hybridized carbons (Fsp3) is 0.192. The van der Waals surface area contributed by atoms with Crippen LogP contribution < -0.4 is 10.2 Å². The maximum atomic E-state index is 9.76.